The first-order chi connectivity index (χ1) is 12.1. The lowest BCUT2D eigenvalue weighted by Gasteiger charge is -2.15. The predicted octanol–water partition coefficient (Wildman–Crippen LogP) is 2.94. The summed E-state index contributed by atoms with van der Waals surface area (Å²) in [4.78, 5) is 21.1. The highest BCUT2D eigenvalue weighted by molar-refractivity contribution is 5.83. The molecule has 1 amide bonds. The van der Waals surface area contributed by atoms with Crippen LogP contribution >= 0.6 is 0 Å². The monoisotopic (exact) mass is 341 g/mol. The largest absolute Gasteiger partial charge is 0.370 e. The smallest absolute Gasteiger partial charge is 0.227 e. The Morgan fingerprint density at radius 1 is 1.08 bits per heavy atom. The van der Waals surface area contributed by atoms with Crippen molar-refractivity contribution in [2.45, 2.75) is 33.1 Å². The zero-order chi connectivity index (χ0) is 18.1. The van der Waals surface area contributed by atoms with E-state index < -0.39 is 0 Å². The van der Waals surface area contributed by atoms with Crippen LogP contribution in [0.4, 0.5) is 11.8 Å². The van der Waals surface area contributed by atoms with Crippen molar-refractivity contribution >= 4 is 17.7 Å². The first kappa shape index (κ1) is 18.7. The summed E-state index contributed by atoms with van der Waals surface area (Å²) in [6.07, 6.45) is 0.774. The molecule has 0 radical (unpaired) electrons. The molecule has 6 nitrogen and oxygen atoms in total. The molecular weight excluding hydrogens is 314 g/mol. The first-order valence-corrected chi connectivity index (χ1v) is 8.80. The lowest BCUT2D eigenvalue weighted by molar-refractivity contribution is -0.122. The van der Waals surface area contributed by atoms with Crippen molar-refractivity contribution < 1.29 is 4.79 Å². The molecule has 1 aromatic heterocycles. The van der Waals surface area contributed by atoms with Gasteiger partial charge in [-0.25, -0.2) is 4.98 Å². The number of hydrogen-bond donors (Lipinski definition) is 3. The average Bonchev–Trinajstić information content (AvgIpc) is 2.60. The van der Waals surface area contributed by atoms with Crippen molar-refractivity contribution in [3.63, 3.8) is 0 Å². The van der Waals surface area contributed by atoms with E-state index in [4.69, 9.17) is 0 Å². The third-order valence-corrected chi connectivity index (χ3v) is 3.85. The molecule has 0 saturated heterocycles. The molecule has 25 heavy (non-hydrogen) atoms. The van der Waals surface area contributed by atoms with Gasteiger partial charge in [0.15, 0.2) is 0 Å². The fourth-order valence-corrected chi connectivity index (χ4v) is 2.66. The zero-order valence-corrected chi connectivity index (χ0v) is 15.2. The van der Waals surface area contributed by atoms with Crippen LogP contribution in [0.1, 0.15) is 37.4 Å². The number of carbonyl (C=O) groups excluding carboxylic acids is 1. The molecule has 0 aliphatic carbocycles. The molecule has 2 rings (SSSR count). The van der Waals surface area contributed by atoms with Gasteiger partial charge in [-0.1, -0.05) is 37.3 Å². The number of rotatable bonds is 9. The van der Waals surface area contributed by atoms with Crippen molar-refractivity contribution in [1.29, 1.82) is 0 Å². The van der Waals surface area contributed by atoms with E-state index in [1.54, 1.807) is 0 Å². The SMILES string of the molecule is CCNc1cc(C)nc(NCCNC(=O)C(CC)c2ccccc2)n1. The summed E-state index contributed by atoms with van der Waals surface area (Å²) in [7, 11) is 0. The maximum absolute atomic E-state index is 12.4. The second kappa shape index (κ2) is 9.61. The van der Waals surface area contributed by atoms with Crippen LogP contribution in [0.3, 0.4) is 0 Å². The van der Waals surface area contributed by atoms with Crippen molar-refractivity contribution in [1.82, 2.24) is 15.3 Å². The number of nitrogens with one attached hydrogen (secondary N) is 3. The molecule has 0 bridgehead atoms. The summed E-state index contributed by atoms with van der Waals surface area (Å²) in [5.74, 6) is 1.31. The van der Waals surface area contributed by atoms with Crippen LogP contribution in [0.25, 0.3) is 0 Å². The van der Waals surface area contributed by atoms with Gasteiger partial charge < -0.3 is 16.0 Å². The number of benzene rings is 1. The summed E-state index contributed by atoms with van der Waals surface area (Å²) in [6.45, 7) is 7.89. The van der Waals surface area contributed by atoms with Gasteiger partial charge in [0.05, 0.1) is 5.92 Å². The lowest BCUT2D eigenvalue weighted by Crippen LogP contribution is -2.33. The Hall–Kier alpha value is -2.63. The van der Waals surface area contributed by atoms with Crippen LogP contribution in [0.15, 0.2) is 36.4 Å². The fraction of sp³-hybridized carbons (Fsp3) is 0.421. The maximum atomic E-state index is 12.4. The van der Waals surface area contributed by atoms with E-state index in [2.05, 4.69) is 25.9 Å². The molecule has 0 spiro atoms. The number of carbonyl (C=O) groups is 1. The van der Waals surface area contributed by atoms with Crippen LogP contribution in [0.5, 0.6) is 0 Å². The second-order valence-corrected chi connectivity index (χ2v) is 5.84. The highest BCUT2D eigenvalue weighted by Gasteiger charge is 2.17. The molecule has 1 aromatic carbocycles. The minimum absolute atomic E-state index is 0.0500. The standard InChI is InChI=1S/C19H27N5O/c1-4-16(15-9-7-6-8-10-15)18(25)21-11-12-22-19-23-14(3)13-17(24-19)20-5-2/h6-10,13,16H,4-5,11-12H2,1-3H3,(H,21,25)(H2,20,22,23,24). The van der Waals surface area contributed by atoms with Crippen LogP contribution in [0.2, 0.25) is 0 Å². The van der Waals surface area contributed by atoms with Crippen LogP contribution in [-0.2, 0) is 4.79 Å². The van der Waals surface area contributed by atoms with Crippen molar-refractivity contribution in [2.24, 2.45) is 0 Å². The molecule has 6 heteroatoms. The van der Waals surface area contributed by atoms with Crippen molar-refractivity contribution in [2.75, 3.05) is 30.3 Å². The Balaban J connectivity index is 1.83. The van der Waals surface area contributed by atoms with Gasteiger partial charge in [0.2, 0.25) is 11.9 Å². The predicted molar refractivity (Wildman–Crippen MR) is 102 cm³/mol. The third-order valence-electron chi connectivity index (χ3n) is 3.85. The van der Waals surface area contributed by atoms with Gasteiger partial charge in [-0.15, -0.1) is 0 Å². The Labute approximate surface area is 149 Å². The van der Waals surface area contributed by atoms with E-state index in [9.17, 15) is 4.79 Å². The topological polar surface area (TPSA) is 78.9 Å². The molecule has 0 saturated carbocycles. The number of anilines is 2. The molecular formula is C19H27N5O. The summed E-state index contributed by atoms with van der Waals surface area (Å²) >= 11 is 0. The summed E-state index contributed by atoms with van der Waals surface area (Å²) in [5.41, 5.74) is 1.94. The molecule has 0 aliphatic rings. The average molecular weight is 341 g/mol. The zero-order valence-electron chi connectivity index (χ0n) is 15.2. The second-order valence-electron chi connectivity index (χ2n) is 5.84. The van der Waals surface area contributed by atoms with Crippen LogP contribution in [-0.4, -0.2) is 35.5 Å². The maximum Gasteiger partial charge on any atom is 0.227 e. The Kier molecular flexibility index (Phi) is 7.19. The summed E-state index contributed by atoms with van der Waals surface area (Å²) < 4.78 is 0. The minimum atomic E-state index is -0.114. The Morgan fingerprint density at radius 2 is 1.84 bits per heavy atom. The van der Waals surface area contributed by atoms with E-state index in [-0.39, 0.29) is 11.8 Å². The molecule has 134 valence electrons. The van der Waals surface area contributed by atoms with Gasteiger partial charge in [-0.3, -0.25) is 4.79 Å². The molecule has 2 aromatic rings. The van der Waals surface area contributed by atoms with Crippen LogP contribution < -0.4 is 16.0 Å². The van der Waals surface area contributed by atoms with Gasteiger partial charge in [0.1, 0.15) is 5.82 Å². The Bertz CT molecular complexity index is 675. The normalized spacial score (nSPS) is 11.6. The molecule has 1 unspecified atom stereocenters. The summed E-state index contributed by atoms with van der Waals surface area (Å²) in [6, 6.07) is 11.8. The number of nitrogens with zero attached hydrogens (tertiary/aromatic N) is 2. The Morgan fingerprint density at radius 3 is 2.52 bits per heavy atom. The van der Waals surface area contributed by atoms with E-state index in [1.165, 1.54) is 0 Å². The molecule has 3 N–H and O–H groups in total. The molecule has 1 atom stereocenters. The van der Waals surface area contributed by atoms with E-state index in [1.807, 2.05) is 57.2 Å². The minimum Gasteiger partial charge on any atom is -0.370 e. The number of aromatic nitrogens is 2. The van der Waals surface area contributed by atoms with Gasteiger partial charge in [0.25, 0.3) is 0 Å². The lowest BCUT2D eigenvalue weighted by atomic mass is 9.96. The highest BCUT2D eigenvalue weighted by Crippen LogP contribution is 2.19. The number of hydrogen-bond acceptors (Lipinski definition) is 5. The van der Waals surface area contributed by atoms with Crippen LogP contribution in [0, 0.1) is 6.92 Å². The number of aryl methyl sites for hydroxylation is 1. The molecule has 1 heterocycles. The van der Waals surface area contributed by atoms with Crippen molar-refractivity contribution in [3.8, 4) is 0 Å². The van der Waals surface area contributed by atoms with Crippen molar-refractivity contribution in [3.05, 3.63) is 47.7 Å². The van der Waals surface area contributed by atoms with Gasteiger partial charge >= 0.3 is 0 Å². The molecule has 0 fully saturated rings. The van der Waals surface area contributed by atoms with Gasteiger partial charge in [0, 0.05) is 31.4 Å². The first-order valence-electron chi connectivity index (χ1n) is 8.80. The third kappa shape index (κ3) is 5.74. The van der Waals surface area contributed by atoms with E-state index >= 15 is 0 Å². The van der Waals surface area contributed by atoms with Gasteiger partial charge in [-0.2, -0.15) is 4.98 Å². The fourth-order valence-electron chi connectivity index (χ4n) is 2.66. The van der Waals surface area contributed by atoms with E-state index in [0.29, 0.717) is 19.0 Å². The highest BCUT2D eigenvalue weighted by atomic mass is 16.1. The molecule has 0 aliphatic heterocycles. The quantitative estimate of drug-likeness (QED) is 0.611. The van der Waals surface area contributed by atoms with E-state index in [0.717, 1.165) is 30.0 Å². The van der Waals surface area contributed by atoms with Gasteiger partial charge in [-0.05, 0) is 25.8 Å². The summed E-state index contributed by atoms with van der Waals surface area (Å²) in [5, 5.41) is 9.32. The number of amides is 1.